The maximum absolute atomic E-state index is 15.2. The van der Waals surface area contributed by atoms with E-state index in [1.165, 1.54) is 23.4 Å². The zero-order valence-electron chi connectivity index (χ0n) is 35.1. The highest BCUT2D eigenvalue weighted by Crippen LogP contribution is 2.62. The summed E-state index contributed by atoms with van der Waals surface area (Å²) in [6.07, 6.45) is 12.7. The number of allylic oxidation sites excluding steroid dienone is 1. The van der Waals surface area contributed by atoms with Gasteiger partial charge in [-0.2, -0.15) is 4.31 Å². The highest BCUT2D eigenvalue weighted by atomic mass is 32.2. The molecular formula is C46H63N3O10S. The number of sulfonamides is 1. The highest BCUT2D eigenvalue weighted by molar-refractivity contribution is 7.89. The Labute approximate surface area is 355 Å². The van der Waals surface area contributed by atoms with E-state index < -0.39 is 34.1 Å². The van der Waals surface area contributed by atoms with Gasteiger partial charge in [-0.1, -0.05) is 49.7 Å². The number of aliphatic hydroxyl groups is 2. The number of carbonyl (C=O) groups is 1. The minimum absolute atomic E-state index is 0.00755. The highest BCUT2D eigenvalue weighted by Gasteiger charge is 2.66. The molecule has 2 aliphatic carbocycles. The van der Waals surface area contributed by atoms with Gasteiger partial charge in [-0.15, -0.1) is 6.58 Å². The largest absolute Gasteiger partial charge is 0.490 e. The van der Waals surface area contributed by atoms with Crippen molar-refractivity contribution in [2.24, 2.45) is 22.9 Å². The minimum atomic E-state index is -4.24. The van der Waals surface area contributed by atoms with Crippen molar-refractivity contribution in [1.82, 2.24) is 4.31 Å². The lowest BCUT2D eigenvalue weighted by Gasteiger charge is -2.59. The van der Waals surface area contributed by atoms with E-state index in [9.17, 15) is 15.0 Å². The maximum Gasteiger partial charge on any atom is 0.243 e. The van der Waals surface area contributed by atoms with Crippen LogP contribution in [0.3, 0.4) is 0 Å². The molecule has 14 heteroatoms. The smallest absolute Gasteiger partial charge is 0.243 e. The maximum atomic E-state index is 15.2. The number of hydrogen-bond acceptors (Lipinski definition) is 11. The van der Waals surface area contributed by atoms with Crippen LogP contribution in [0.1, 0.15) is 96.0 Å². The monoisotopic (exact) mass is 849 g/mol. The molecule has 0 aromatic heterocycles. The van der Waals surface area contributed by atoms with Crippen molar-refractivity contribution in [3.05, 3.63) is 85.0 Å². The third-order valence-corrected chi connectivity index (χ3v) is 13.9. The normalized spacial score (nSPS) is 26.6. The first-order valence-electron chi connectivity index (χ1n) is 21.6. The van der Waals surface area contributed by atoms with Crippen molar-refractivity contribution < 1.29 is 47.2 Å². The van der Waals surface area contributed by atoms with Gasteiger partial charge >= 0.3 is 0 Å². The summed E-state index contributed by atoms with van der Waals surface area (Å²) in [6, 6.07) is 11.0. The van der Waals surface area contributed by atoms with Crippen LogP contribution in [0.4, 0.5) is 5.69 Å². The molecule has 2 fully saturated rings. The van der Waals surface area contributed by atoms with Gasteiger partial charge in [0.2, 0.25) is 28.0 Å². The number of oxime groups is 1. The van der Waals surface area contributed by atoms with Crippen LogP contribution < -0.4 is 14.8 Å². The van der Waals surface area contributed by atoms with Crippen molar-refractivity contribution in [2.75, 3.05) is 44.9 Å². The SMILES string of the molecule is C=CCOc1ccc2c(c1)[C@H]1[C@H](CCCCO)[C@@H](CCCCO)C=C3C(=NOC4CCCCO4)C[C@H](N(CCC)S(=O)(=O)c4ccc(NC(C)=O)cc4)[C@@](OCC=C)(O2)[C@H]31. The summed E-state index contributed by atoms with van der Waals surface area (Å²) >= 11 is 0. The first-order chi connectivity index (χ1) is 29.1. The molecule has 1 saturated carbocycles. The Morgan fingerprint density at radius 2 is 1.78 bits per heavy atom. The number of amides is 1. The summed E-state index contributed by atoms with van der Waals surface area (Å²) in [6.45, 7) is 12.4. The van der Waals surface area contributed by atoms with E-state index >= 15 is 8.42 Å². The zero-order valence-corrected chi connectivity index (χ0v) is 36.0. The predicted molar refractivity (Wildman–Crippen MR) is 230 cm³/mol. The molecule has 1 saturated heterocycles. The van der Waals surface area contributed by atoms with Crippen molar-refractivity contribution in [1.29, 1.82) is 0 Å². The van der Waals surface area contributed by atoms with Gasteiger partial charge in [0.15, 0.2) is 0 Å². The zero-order chi connectivity index (χ0) is 42.7. The van der Waals surface area contributed by atoms with E-state index in [1.54, 1.807) is 24.3 Å². The van der Waals surface area contributed by atoms with Crippen LogP contribution in [0.2, 0.25) is 0 Å². The van der Waals surface area contributed by atoms with E-state index in [-0.39, 0.29) is 61.3 Å². The molecule has 13 nitrogen and oxygen atoms in total. The second-order valence-electron chi connectivity index (χ2n) is 16.1. The lowest BCUT2D eigenvalue weighted by molar-refractivity contribution is -0.251. The van der Waals surface area contributed by atoms with E-state index in [0.717, 1.165) is 49.7 Å². The van der Waals surface area contributed by atoms with Gasteiger partial charge in [0, 0.05) is 56.7 Å². The van der Waals surface area contributed by atoms with Crippen LogP contribution in [0.25, 0.3) is 0 Å². The number of anilines is 1. The molecule has 2 aromatic rings. The number of rotatable bonds is 22. The molecule has 1 unspecified atom stereocenters. The Hall–Kier alpha value is -4.05. The summed E-state index contributed by atoms with van der Waals surface area (Å²) in [5, 5.41) is 27.4. The van der Waals surface area contributed by atoms with Crippen LogP contribution >= 0.6 is 0 Å². The number of aliphatic hydroxyl groups excluding tert-OH is 2. The number of ether oxygens (including phenoxy) is 4. The molecule has 7 atom stereocenters. The van der Waals surface area contributed by atoms with E-state index in [0.29, 0.717) is 61.8 Å². The number of nitrogens with zero attached hydrogens (tertiary/aromatic N) is 2. The van der Waals surface area contributed by atoms with E-state index in [4.69, 9.17) is 28.9 Å². The fourth-order valence-corrected chi connectivity index (χ4v) is 11.2. The molecule has 60 heavy (non-hydrogen) atoms. The predicted octanol–water partition coefficient (Wildman–Crippen LogP) is 7.47. The fraction of sp³-hybridized carbons (Fsp3) is 0.565. The van der Waals surface area contributed by atoms with Crippen molar-refractivity contribution in [3.63, 3.8) is 0 Å². The third-order valence-electron chi connectivity index (χ3n) is 12.0. The molecule has 0 bridgehead atoms. The van der Waals surface area contributed by atoms with E-state index in [2.05, 4.69) is 24.6 Å². The lowest BCUT2D eigenvalue weighted by Crippen LogP contribution is -2.70. The van der Waals surface area contributed by atoms with Crippen LogP contribution in [0.15, 0.2) is 89.5 Å². The fourth-order valence-electron chi connectivity index (χ4n) is 9.50. The number of unbranched alkanes of at least 4 members (excludes halogenated alkanes) is 2. The van der Waals surface area contributed by atoms with Gasteiger partial charge in [0.1, 0.15) is 18.1 Å². The van der Waals surface area contributed by atoms with Crippen LogP contribution in [-0.4, -0.2) is 92.3 Å². The molecule has 3 N–H and O–H groups in total. The summed E-state index contributed by atoms with van der Waals surface area (Å²) in [4.78, 5) is 18.1. The standard InChI is InChI=1S/C46H63N3O10S/c1-5-23-49(60(53,54)36-20-17-34(18-21-36)47-32(4)52)42-31-40(48-59-43-16-10-13-28-56-43)38-29-33(14-8-11-24-50)37(15-9-12-25-51)44-39-30-35(55-26-6-2)19-22-41(39)58-46(42,45(38)44)57-27-7-3/h6-7,17-22,29-30,33,37,42-45,50-51H,2-3,5,8-16,23-28,31H2,1,4H3,(H,47,52)/t33-,37+,42-,43?,44+,45+,46+/m0/s1. The quantitative estimate of drug-likeness (QED) is 0.0615. The molecule has 6 rings (SSSR count). The molecule has 328 valence electrons. The van der Waals surface area contributed by atoms with Crippen molar-refractivity contribution in [3.8, 4) is 11.5 Å². The number of nitrogens with one attached hydrogen (secondary N) is 1. The van der Waals surface area contributed by atoms with Gasteiger partial charge in [-0.3, -0.25) is 4.79 Å². The Morgan fingerprint density at radius 1 is 1.03 bits per heavy atom. The summed E-state index contributed by atoms with van der Waals surface area (Å²) in [7, 11) is -4.24. The van der Waals surface area contributed by atoms with Gasteiger partial charge in [0.05, 0.1) is 35.8 Å². The summed E-state index contributed by atoms with van der Waals surface area (Å²) in [5.74, 6) is -1.41. The average Bonchev–Trinajstić information content (AvgIpc) is 3.25. The minimum Gasteiger partial charge on any atom is -0.490 e. The van der Waals surface area contributed by atoms with Crippen molar-refractivity contribution in [2.45, 2.75) is 113 Å². The first kappa shape index (κ1) is 45.5. The Balaban J connectivity index is 1.60. The van der Waals surface area contributed by atoms with Gasteiger partial charge < -0.3 is 39.3 Å². The molecule has 4 aliphatic rings. The number of carbonyl (C=O) groups excluding carboxylic acids is 1. The van der Waals surface area contributed by atoms with Gasteiger partial charge in [-0.05, 0) is 105 Å². The Morgan fingerprint density at radius 3 is 2.45 bits per heavy atom. The van der Waals surface area contributed by atoms with E-state index in [1.807, 2.05) is 25.1 Å². The topological polar surface area (TPSA) is 165 Å². The summed E-state index contributed by atoms with van der Waals surface area (Å²) in [5.41, 5.74) is 2.88. The Kier molecular flexibility index (Phi) is 16.0. The lowest BCUT2D eigenvalue weighted by atomic mass is 9.55. The molecule has 0 spiro atoms. The second-order valence-corrected chi connectivity index (χ2v) is 18.0. The number of fused-ring (bicyclic) bond motifs is 2. The summed E-state index contributed by atoms with van der Waals surface area (Å²) < 4.78 is 58.2. The molecule has 1 amide bonds. The van der Waals surface area contributed by atoms with Crippen LogP contribution in [0, 0.1) is 17.8 Å². The Bertz CT molecular complexity index is 1950. The second kappa shape index (κ2) is 21.2. The van der Waals surface area contributed by atoms with Crippen LogP contribution in [-0.2, 0) is 29.1 Å². The third kappa shape index (κ3) is 10.0. The van der Waals surface area contributed by atoms with Crippen molar-refractivity contribution >= 4 is 27.3 Å². The molecule has 2 aliphatic heterocycles. The number of benzene rings is 2. The molecule has 0 radical (unpaired) electrons. The number of hydrogen-bond donors (Lipinski definition) is 3. The van der Waals surface area contributed by atoms with Crippen LogP contribution in [0.5, 0.6) is 11.5 Å². The molecule has 2 aromatic carbocycles. The molecular weight excluding hydrogens is 787 g/mol. The molecule has 2 heterocycles. The van der Waals surface area contributed by atoms with Gasteiger partial charge in [0.25, 0.3) is 0 Å². The average molecular weight is 850 g/mol. The van der Waals surface area contributed by atoms with Gasteiger partial charge in [-0.25, -0.2) is 8.42 Å². The first-order valence-corrected chi connectivity index (χ1v) is 23.0.